The minimum atomic E-state index is -0.320. The van der Waals surface area contributed by atoms with E-state index in [1.165, 1.54) is 7.05 Å². The normalized spacial score (nSPS) is 10.5. The molecule has 0 saturated carbocycles. The Morgan fingerprint density at radius 1 is 1.07 bits per heavy atom. The number of ether oxygens (including phenoxy) is 3. The van der Waals surface area contributed by atoms with E-state index in [2.05, 4.69) is 11.1 Å². The zero-order valence-corrected chi connectivity index (χ0v) is 18.2. The summed E-state index contributed by atoms with van der Waals surface area (Å²) < 4.78 is 16.2. The highest BCUT2D eigenvalue weighted by Crippen LogP contribution is 2.42. The maximum Gasteiger partial charge on any atom is 0.267 e. The van der Waals surface area contributed by atoms with E-state index in [9.17, 15) is 4.79 Å². The van der Waals surface area contributed by atoms with E-state index >= 15 is 0 Å². The third-order valence-corrected chi connectivity index (χ3v) is 4.22. The second kappa shape index (κ2) is 12.2. The van der Waals surface area contributed by atoms with Gasteiger partial charge >= 0.3 is 0 Å². The van der Waals surface area contributed by atoms with E-state index in [0.29, 0.717) is 35.0 Å². The number of nitrogens with one attached hydrogen (secondary N) is 1. The van der Waals surface area contributed by atoms with Gasteiger partial charge in [0.15, 0.2) is 11.5 Å². The zero-order valence-electron chi connectivity index (χ0n) is 18.2. The second-order valence-electron chi connectivity index (χ2n) is 6.08. The van der Waals surface area contributed by atoms with Gasteiger partial charge in [-0.2, -0.15) is 0 Å². The summed E-state index contributed by atoms with van der Waals surface area (Å²) in [4.78, 5) is 12.0. The van der Waals surface area contributed by atoms with Crippen molar-refractivity contribution in [1.82, 2.24) is 5.32 Å². The number of amides is 1. The molecular weight excluding hydrogens is 384 g/mol. The lowest BCUT2D eigenvalue weighted by Crippen LogP contribution is -2.29. The first-order chi connectivity index (χ1) is 14.5. The first kappa shape index (κ1) is 24.6. The number of carbonyl (C=O) groups excluding carboxylic acids is 1. The molecule has 0 saturated heterocycles. The number of carbonyl (C=O) groups is 1. The van der Waals surface area contributed by atoms with Crippen molar-refractivity contribution in [2.45, 2.75) is 13.3 Å². The summed E-state index contributed by atoms with van der Waals surface area (Å²) in [6.07, 6.45) is 2.40. The smallest absolute Gasteiger partial charge is 0.267 e. The number of anilines is 1. The average molecular weight is 417 g/mol. The first-order valence-corrected chi connectivity index (χ1v) is 9.48. The van der Waals surface area contributed by atoms with Gasteiger partial charge in [0.1, 0.15) is 0 Å². The van der Waals surface area contributed by atoms with Crippen LogP contribution in [0.1, 0.15) is 18.9 Å². The summed E-state index contributed by atoms with van der Waals surface area (Å²) in [5.41, 5.74) is 19.6. The molecule has 0 spiro atoms. The van der Waals surface area contributed by atoms with E-state index in [4.69, 9.17) is 25.7 Å². The van der Waals surface area contributed by atoms with Crippen LogP contribution in [0.5, 0.6) is 17.2 Å². The van der Waals surface area contributed by atoms with Crippen molar-refractivity contribution in [3.05, 3.63) is 41.6 Å². The van der Waals surface area contributed by atoms with Crippen LogP contribution in [0, 0.1) is 0 Å². The quantitative estimate of drug-likeness (QED) is 0.383. The van der Waals surface area contributed by atoms with Gasteiger partial charge in [0.2, 0.25) is 5.75 Å². The SMILES string of the molecule is CCCNC(=O)/C(N)=C/c1cccc(-c2cc(OC)c(OC)c(OC)c2)c1N.CN. The number of rotatable bonds is 8. The summed E-state index contributed by atoms with van der Waals surface area (Å²) in [5, 5.41) is 2.74. The molecule has 7 N–H and O–H groups in total. The molecule has 0 heterocycles. The van der Waals surface area contributed by atoms with Crippen molar-refractivity contribution in [2.24, 2.45) is 11.5 Å². The summed E-state index contributed by atoms with van der Waals surface area (Å²) in [7, 11) is 6.16. The van der Waals surface area contributed by atoms with E-state index in [1.807, 2.05) is 31.2 Å². The standard InChI is InChI=1S/C21H27N3O4.CH5N/c1-5-9-24-21(25)16(22)10-13-7-6-8-15(19(13)23)14-11-17(26-2)20(28-4)18(12-14)27-3;1-2/h6-8,10-12H,5,9,22-23H2,1-4H3,(H,24,25);2H2,1H3/b16-10-;. The van der Waals surface area contributed by atoms with Crippen molar-refractivity contribution < 1.29 is 19.0 Å². The lowest BCUT2D eigenvalue weighted by Gasteiger charge is -2.16. The van der Waals surface area contributed by atoms with Gasteiger partial charge in [-0.25, -0.2) is 0 Å². The number of nitrogens with two attached hydrogens (primary N) is 3. The number of hydrogen-bond donors (Lipinski definition) is 4. The molecule has 0 bridgehead atoms. The molecule has 0 atom stereocenters. The molecule has 2 aromatic carbocycles. The van der Waals surface area contributed by atoms with Crippen LogP contribution in [0.2, 0.25) is 0 Å². The zero-order chi connectivity index (χ0) is 22.7. The molecule has 0 fully saturated rings. The van der Waals surface area contributed by atoms with Gasteiger partial charge < -0.3 is 36.7 Å². The molecule has 0 aliphatic rings. The van der Waals surface area contributed by atoms with Crippen molar-refractivity contribution in [2.75, 3.05) is 40.7 Å². The summed E-state index contributed by atoms with van der Waals surface area (Å²) in [6.45, 7) is 2.54. The maximum atomic E-state index is 12.0. The fourth-order valence-electron chi connectivity index (χ4n) is 2.77. The van der Waals surface area contributed by atoms with Crippen molar-refractivity contribution in [3.8, 4) is 28.4 Å². The highest BCUT2D eigenvalue weighted by atomic mass is 16.5. The van der Waals surface area contributed by atoms with E-state index in [0.717, 1.165) is 17.5 Å². The van der Waals surface area contributed by atoms with Crippen LogP contribution in [0.3, 0.4) is 0 Å². The van der Waals surface area contributed by atoms with Gasteiger partial charge in [-0.05, 0) is 37.2 Å². The van der Waals surface area contributed by atoms with Gasteiger partial charge in [0.05, 0.1) is 27.0 Å². The summed E-state index contributed by atoms with van der Waals surface area (Å²) >= 11 is 0. The van der Waals surface area contributed by atoms with Crippen LogP contribution < -0.4 is 36.7 Å². The van der Waals surface area contributed by atoms with Gasteiger partial charge in [-0.3, -0.25) is 4.79 Å². The van der Waals surface area contributed by atoms with Crippen LogP contribution >= 0.6 is 0 Å². The van der Waals surface area contributed by atoms with Crippen molar-refractivity contribution in [1.29, 1.82) is 0 Å². The Labute approximate surface area is 178 Å². The second-order valence-corrected chi connectivity index (χ2v) is 6.08. The Morgan fingerprint density at radius 3 is 2.17 bits per heavy atom. The maximum absolute atomic E-state index is 12.0. The number of nitrogen functional groups attached to an aromatic ring is 1. The Bertz CT molecular complexity index is 856. The van der Waals surface area contributed by atoms with Gasteiger partial charge in [-0.1, -0.05) is 25.1 Å². The number of benzene rings is 2. The van der Waals surface area contributed by atoms with E-state index in [-0.39, 0.29) is 11.6 Å². The third-order valence-electron chi connectivity index (χ3n) is 4.22. The Balaban J connectivity index is 0.00000218. The minimum Gasteiger partial charge on any atom is -0.493 e. The fourth-order valence-corrected chi connectivity index (χ4v) is 2.77. The molecule has 0 aliphatic carbocycles. The predicted octanol–water partition coefficient (Wildman–Crippen LogP) is 2.36. The summed E-state index contributed by atoms with van der Waals surface area (Å²) in [6, 6.07) is 9.16. The van der Waals surface area contributed by atoms with E-state index in [1.54, 1.807) is 33.5 Å². The lowest BCUT2D eigenvalue weighted by atomic mass is 9.99. The molecule has 0 aliphatic heterocycles. The van der Waals surface area contributed by atoms with Gasteiger partial charge in [-0.15, -0.1) is 0 Å². The molecule has 164 valence electrons. The Morgan fingerprint density at radius 2 is 1.67 bits per heavy atom. The highest BCUT2D eigenvalue weighted by molar-refractivity contribution is 5.98. The monoisotopic (exact) mass is 416 g/mol. The third kappa shape index (κ3) is 5.81. The highest BCUT2D eigenvalue weighted by Gasteiger charge is 2.16. The molecule has 1 amide bonds. The number of para-hydroxylation sites is 1. The predicted molar refractivity (Wildman–Crippen MR) is 122 cm³/mol. The number of hydrogen-bond acceptors (Lipinski definition) is 7. The minimum absolute atomic E-state index is 0.0993. The number of methoxy groups -OCH3 is 3. The summed E-state index contributed by atoms with van der Waals surface area (Å²) in [5.74, 6) is 1.23. The van der Waals surface area contributed by atoms with Crippen molar-refractivity contribution >= 4 is 17.7 Å². The Kier molecular flexibility index (Phi) is 10.0. The van der Waals surface area contributed by atoms with Crippen molar-refractivity contribution in [3.63, 3.8) is 0 Å². The largest absolute Gasteiger partial charge is 0.493 e. The Hall–Kier alpha value is -3.39. The van der Waals surface area contributed by atoms with Crippen LogP contribution in [0.25, 0.3) is 17.2 Å². The molecule has 0 aromatic heterocycles. The lowest BCUT2D eigenvalue weighted by molar-refractivity contribution is -0.117. The molecule has 8 nitrogen and oxygen atoms in total. The molecule has 30 heavy (non-hydrogen) atoms. The fraction of sp³-hybridized carbons (Fsp3) is 0.318. The molecule has 0 unspecified atom stereocenters. The molecule has 2 rings (SSSR count). The molecule has 8 heteroatoms. The van der Waals surface area contributed by atoms with E-state index < -0.39 is 0 Å². The molecule has 2 aromatic rings. The van der Waals surface area contributed by atoms with Crippen LogP contribution in [0.15, 0.2) is 36.0 Å². The van der Waals surface area contributed by atoms with Gasteiger partial charge in [0.25, 0.3) is 5.91 Å². The van der Waals surface area contributed by atoms with Crippen LogP contribution in [-0.4, -0.2) is 40.8 Å². The van der Waals surface area contributed by atoms with Gasteiger partial charge in [0, 0.05) is 23.4 Å². The molecular formula is C22H32N4O4. The topological polar surface area (TPSA) is 135 Å². The van der Waals surface area contributed by atoms with Crippen LogP contribution in [0.4, 0.5) is 5.69 Å². The molecule has 0 radical (unpaired) electrons. The van der Waals surface area contributed by atoms with Crippen LogP contribution in [-0.2, 0) is 4.79 Å². The average Bonchev–Trinajstić information content (AvgIpc) is 2.78. The first-order valence-electron chi connectivity index (χ1n) is 9.48.